The van der Waals surface area contributed by atoms with E-state index in [0.29, 0.717) is 19.6 Å². The molecule has 2 amide bonds. The molecule has 1 aliphatic heterocycles. The van der Waals surface area contributed by atoms with Gasteiger partial charge in [-0.15, -0.1) is 0 Å². The lowest BCUT2D eigenvalue weighted by atomic mass is 9.95. The second-order valence-electron chi connectivity index (χ2n) is 9.77. The van der Waals surface area contributed by atoms with E-state index in [-0.39, 0.29) is 34.9 Å². The van der Waals surface area contributed by atoms with Crippen LogP contribution in [0.25, 0.3) is 11.0 Å². The second-order valence-corrected chi connectivity index (χ2v) is 9.77. The number of H-pyrrole nitrogens is 1. The largest absolute Gasteiger partial charge is 0.352 e. The lowest BCUT2D eigenvalue weighted by molar-refractivity contribution is 0.0709. The highest BCUT2D eigenvalue weighted by Gasteiger charge is 2.29. The Balaban J connectivity index is 1.53. The Morgan fingerprint density at radius 2 is 1.76 bits per heavy atom. The molecule has 2 N–H and O–H groups in total. The summed E-state index contributed by atoms with van der Waals surface area (Å²) in [5.41, 5.74) is 1.50. The van der Waals surface area contributed by atoms with E-state index < -0.39 is 11.3 Å². The Hall–Kier alpha value is -3.42. The highest BCUT2D eigenvalue weighted by Crippen LogP contribution is 2.28. The molecule has 1 saturated heterocycles. The first-order chi connectivity index (χ1) is 16.2. The van der Waals surface area contributed by atoms with Gasteiger partial charge in [-0.05, 0) is 44.7 Å². The third-order valence-corrected chi connectivity index (χ3v) is 6.36. The van der Waals surface area contributed by atoms with Gasteiger partial charge in [-0.3, -0.25) is 14.4 Å². The summed E-state index contributed by atoms with van der Waals surface area (Å²) < 4.78 is 1.76. The van der Waals surface area contributed by atoms with E-state index in [0.717, 1.165) is 29.7 Å². The van der Waals surface area contributed by atoms with Gasteiger partial charge < -0.3 is 19.8 Å². The lowest BCUT2D eigenvalue weighted by Gasteiger charge is -2.31. The van der Waals surface area contributed by atoms with Gasteiger partial charge in [-0.2, -0.15) is 0 Å². The molecule has 0 unspecified atom stereocenters. The van der Waals surface area contributed by atoms with Crippen LogP contribution >= 0.6 is 0 Å². The van der Waals surface area contributed by atoms with E-state index in [9.17, 15) is 14.4 Å². The van der Waals surface area contributed by atoms with E-state index in [1.807, 2.05) is 52.0 Å². The fourth-order valence-corrected chi connectivity index (χ4v) is 4.29. The number of carbonyl (C=O) groups is 2. The molecule has 2 aromatic heterocycles. The zero-order chi connectivity index (χ0) is 24.4. The molecule has 180 valence electrons. The van der Waals surface area contributed by atoms with Crippen molar-refractivity contribution in [3.05, 3.63) is 63.8 Å². The summed E-state index contributed by atoms with van der Waals surface area (Å²) in [5.74, 6) is 0.678. The fourth-order valence-electron chi connectivity index (χ4n) is 4.29. The molecule has 0 atom stereocenters. The van der Waals surface area contributed by atoms with Crippen LogP contribution in [-0.4, -0.2) is 50.9 Å². The maximum absolute atomic E-state index is 13.4. The number of piperidine rings is 1. The van der Waals surface area contributed by atoms with E-state index in [4.69, 9.17) is 4.98 Å². The van der Waals surface area contributed by atoms with Crippen molar-refractivity contribution < 1.29 is 9.59 Å². The first-order valence-corrected chi connectivity index (χ1v) is 12.0. The van der Waals surface area contributed by atoms with E-state index in [1.165, 1.54) is 0 Å². The van der Waals surface area contributed by atoms with Gasteiger partial charge in [0.25, 0.3) is 11.8 Å². The summed E-state index contributed by atoms with van der Waals surface area (Å²) in [6.07, 6.45) is 4.66. The summed E-state index contributed by atoms with van der Waals surface area (Å²) in [6.45, 7) is 9.41. The quantitative estimate of drug-likeness (QED) is 0.582. The standard InChI is InChI=1S/C26H33N5O3/c1-16(2)13-27-25(33)19-14-31(17(3)4)15-20(23(19)32)26(34)30-11-9-18(10-12-30)24-28-21-7-5-6-8-22(21)29-24/h5-8,14-18H,9-13H2,1-4H3,(H,27,33)(H,28,29). The van der Waals surface area contributed by atoms with Gasteiger partial charge in [0, 0.05) is 44.0 Å². The number of hydrogen-bond acceptors (Lipinski definition) is 4. The minimum atomic E-state index is -0.512. The number of benzene rings is 1. The van der Waals surface area contributed by atoms with Crippen LogP contribution in [0.1, 0.15) is 79.0 Å². The molecule has 0 aliphatic carbocycles. The van der Waals surface area contributed by atoms with Crippen LogP contribution in [-0.2, 0) is 0 Å². The highest BCUT2D eigenvalue weighted by molar-refractivity contribution is 5.99. The van der Waals surface area contributed by atoms with Gasteiger partial charge in [-0.25, -0.2) is 4.98 Å². The predicted molar refractivity (Wildman–Crippen MR) is 132 cm³/mol. The third kappa shape index (κ3) is 4.90. The number of pyridine rings is 1. The van der Waals surface area contributed by atoms with Gasteiger partial charge >= 0.3 is 0 Å². The maximum atomic E-state index is 13.4. The Morgan fingerprint density at radius 3 is 2.41 bits per heavy atom. The van der Waals surface area contributed by atoms with E-state index >= 15 is 0 Å². The number of aromatic amines is 1. The van der Waals surface area contributed by atoms with Gasteiger partial charge in [0.1, 0.15) is 17.0 Å². The predicted octanol–water partition coefficient (Wildman–Crippen LogP) is 3.71. The summed E-state index contributed by atoms with van der Waals surface area (Å²) >= 11 is 0. The van der Waals surface area contributed by atoms with Crippen molar-refractivity contribution >= 4 is 22.8 Å². The van der Waals surface area contributed by atoms with Crippen LogP contribution in [0.2, 0.25) is 0 Å². The van der Waals surface area contributed by atoms with Crippen molar-refractivity contribution in [2.75, 3.05) is 19.6 Å². The molecule has 4 rings (SSSR count). The summed E-state index contributed by atoms with van der Waals surface area (Å²) in [7, 11) is 0. The molecular weight excluding hydrogens is 430 g/mol. The number of likely N-dealkylation sites (tertiary alicyclic amines) is 1. The molecule has 1 fully saturated rings. The number of nitrogens with one attached hydrogen (secondary N) is 2. The number of carbonyl (C=O) groups excluding carboxylic acids is 2. The Morgan fingerprint density at radius 1 is 1.09 bits per heavy atom. The number of fused-ring (bicyclic) bond motifs is 1. The van der Waals surface area contributed by atoms with Crippen LogP contribution < -0.4 is 10.7 Å². The van der Waals surface area contributed by atoms with Gasteiger partial charge in [0.15, 0.2) is 0 Å². The average Bonchev–Trinajstić information content (AvgIpc) is 3.26. The SMILES string of the molecule is CC(C)CNC(=O)c1cn(C(C)C)cc(C(=O)N2CCC(c3nc4ccccc4[nH]3)CC2)c1=O. The van der Waals surface area contributed by atoms with Crippen LogP contribution in [0.3, 0.4) is 0 Å². The monoisotopic (exact) mass is 463 g/mol. The number of nitrogens with zero attached hydrogens (tertiary/aromatic N) is 3. The minimum absolute atomic E-state index is 0.00243. The highest BCUT2D eigenvalue weighted by atomic mass is 16.2. The maximum Gasteiger partial charge on any atom is 0.259 e. The van der Waals surface area contributed by atoms with Crippen molar-refractivity contribution in [2.24, 2.45) is 5.92 Å². The van der Waals surface area contributed by atoms with Crippen molar-refractivity contribution in [1.82, 2.24) is 24.8 Å². The normalized spacial score (nSPS) is 14.8. The zero-order valence-electron chi connectivity index (χ0n) is 20.3. The number of imidazole rings is 1. The molecule has 0 bridgehead atoms. The Bertz CT molecular complexity index is 1220. The van der Waals surface area contributed by atoms with Crippen LogP contribution in [0.5, 0.6) is 0 Å². The molecule has 8 nitrogen and oxygen atoms in total. The molecule has 0 radical (unpaired) electrons. The van der Waals surface area contributed by atoms with Crippen LogP contribution in [0.15, 0.2) is 41.5 Å². The second kappa shape index (κ2) is 9.83. The lowest BCUT2D eigenvalue weighted by Crippen LogP contribution is -2.42. The molecule has 3 heterocycles. The Labute approximate surface area is 199 Å². The smallest absolute Gasteiger partial charge is 0.259 e. The number of para-hydroxylation sites is 2. The summed E-state index contributed by atoms with van der Waals surface area (Å²) in [5, 5.41) is 2.80. The average molecular weight is 464 g/mol. The number of rotatable bonds is 6. The number of amides is 2. The Kier molecular flexibility index (Phi) is 6.86. The van der Waals surface area contributed by atoms with E-state index in [2.05, 4.69) is 10.3 Å². The topological polar surface area (TPSA) is 100 Å². The summed E-state index contributed by atoms with van der Waals surface area (Å²) in [6, 6.07) is 7.94. The summed E-state index contributed by atoms with van der Waals surface area (Å²) in [4.78, 5) is 49.1. The molecular formula is C26H33N5O3. The fraction of sp³-hybridized carbons (Fsp3) is 0.462. The van der Waals surface area contributed by atoms with Crippen molar-refractivity contribution in [3.8, 4) is 0 Å². The molecule has 0 saturated carbocycles. The molecule has 3 aromatic rings. The molecule has 1 aliphatic rings. The van der Waals surface area contributed by atoms with Crippen LogP contribution in [0, 0.1) is 5.92 Å². The molecule has 34 heavy (non-hydrogen) atoms. The van der Waals surface area contributed by atoms with Crippen molar-refractivity contribution in [3.63, 3.8) is 0 Å². The number of hydrogen-bond donors (Lipinski definition) is 2. The third-order valence-electron chi connectivity index (χ3n) is 6.36. The molecule has 0 spiro atoms. The van der Waals surface area contributed by atoms with E-state index in [1.54, 1.807) is 21.9 Å². The molecule has 8 heteroatoms. The minimum Gasteiger partial charge on any atom is -0.352 e. The van der Waals surface area contributed by atoms with Crippen LogP contribution in [0.4, 0.5) is 0 Å². The van der Waals surface area contributed by atoms with Gasteiger partial charge in [0.2, 0.25) is 5.43 Å². The molecule has 1 aromatic carbocycles. The van der Waals surface area contributed by atoms with Crippen molar-refractivity contribution in [2.45, 2.75) is 52.5 Å². The van der Waals surface area contributed by atoms with Gasteiger partial charge in [-0.1, -0.05) is 26.0 Å². The van der Waals surface area contributed by atoms with Crippen molar-refractivity contribution in [1.29, 1.82) is 0 Å². The first-order valence-electron chi connectivity index (χ1n) is 12.0. The zero-order valence-corrected chi connectivity index (χ0v) is 20.3. The van der Waals surface area contributed by atoms with Gasteiger partial charge in [0.05, 0.1) is 11.0 Å². The first kappa shape index (κ1) is 23.7. The number of aromatic nitrogens is 3.